The van der Waals surface area contributed by atoms with E-state index in [1.807, 2.05) is 23.9 Å². The molecule has 0 aromatic carbocycles. The molecule has 0 bridgehead atoms. The number of carbonyl (C=O) groups excluding carboxylic acids is 1. The van der Waals surface area contributed by atoms with Crippen molar-refractivity contribution < 1.29 is 4.79 Å². The fourth-order valence-corrected chi connectivity index (χ4v) is 1.87. The highest BCUT2D eigenvalue weighted by molar-refractivity contribution is 5.75. The Kier molecular flexibility index (Phi) is 4.72. The van der Waals surface area contributed by atoms with Gasteiger partial charge < -0.3 is 9.88 Å². The Morgan fingerprint density at radius 1 is 1.53 bits per heavy atom. The zero-order chi connectivity index (χ0) is 13.5. The van der Waals surface area contributed by atoms with Crippen LogP contribution in [0, 0.1) is 6.92 Å². The van der Waals surface area contributed by atoms with Gasteiger partial charge >= 0.3 is 0 Å². The minimum atomic E-state index is 0.0811. The average Bonchev–Trinajstić information content (AvgIpc) is 3.04. The molecule has 0 saturated heterocycles. The first kappa shape index (κ1) is 13.3. The number of rotatable bonds is 7. The molecule has 0 spiro atoms. The minimum absolute atomic E-state index is 0.0811. The summed E-state index contributed by atoms with van der Waals surface area (Å²) in [6.45, 7) is 3.38. The van der Waals surface area contributed by atoms with Gasteiger partial charge in [-0.25, -0.2) is 4.98 Å². The smallest absolute Gasteiger partial charge is 0.221 e. The van der Waals surface area contributed by atoms with Crippen LogP contribution in [0.25, 0.3) is 0 Å². The number of aromatic nitrogens is 4. The van der Waals surface area contributed by atoms with Crippen LogP contribution in [0.15, 0.2) is 24.9 Å². The highest BCUT2D eigenvalue weighted by Gasteiger charge is 2.03. The first-order valence-electron chi connectivity index (χ1n) is 6.47. The molecule has 0 aliphatic heterocycles. The number of nitrogens with one attached hydrogen (secondary N) is 2. The Morgan fingerprint density at radius 3 is 3.11 bits per heavy atom. The van der Waals surface area contributed by atoms with Gasteiger partial charge in [-0.15, -0.1) is 0 Å². The van der Waals surface area contributed by atoms with Crippen LogP contribution < -0.4 is 5.32 Å². The molecule has 19 heavy (non-hydrogen) atoms. The van der Waals surface area contributed by atoms with Gasteiger partial charge in [0.15, 0.2) is 0 Å². The molecule has 6 heteroatoms. The molecular formula is C13H19N5O. The number of imidazole rings is 1. The van der Waals surface area contributed by atoms with E-state index in [9.17, 15) is 4.79 Å². The maximum absolute atomic E-state index is 11.6. The van der Waals surface area contributed by atoms with Crippen LogP contribution in [0.5, 0.6) is 0 Å². The summed E-state index contributed by atoms with van der Waals surface area (Å²) in [5, 5.41) is 9.80. The summed E-state index contributed by atoms with van der Waals surface area (Å²) in [6, 6.07) is 0. The van der Waals surface area contributed by atoms with Crippen molar-refractivity contribution in [2.45, 2.75) is 32.7 Å². The minimum Gasteiger partial charge on any atom is -0.356 e. The van der Waals surface area contributed by atoms with Crippen molar-refractivity contribution in [2.24, 2.45) is 0 Å². The van der Waals surface area contributed by atoms with Gasteiger partial charge in [0.1, 0.15) is 0 Å². The van der Waals surface area contributed by atoms with Gasteiger partial charge in [0.05, 0.1) is 12.5 Å². The molecule has 102 valence electrons. The van der Waals surface area contributed by atoms with E-state index in [0.29, 0.717) is 19.5 Å². The van der Waals surface area contributed by atoms with Crippen molar-refractivity contribution in [1.29, 1.82) is 0 Å². The number of carbonyl (C=O) groups is 1. The maximum atomic E-state index is 11.6. The third kappa shape index (κ3) is 4.24. The van der Waals surface area contributed by atoms with Crippen LogP contribution in [-0.4, -0.2) is 32.2 Å². The summed E-state index contributed by atoms with van der Waals surface area (Å²) in [5.41, 5.74) is 2.32. The molecule has 2 aromatic heterocycles. The molecule has 0 aliphatic rings. The zero-order valence-electron chi connectivity index (χ0n) is 11.1. The third-order valence-corrected chi connectivity index (χ3v) is 3.04. The lowest BCUT2D eigenvalue weighted by molar-refractivity contribution is -0.121. The normalized spacial score (nSPS) is 10.6. The lowest BCUT2D eigenvalue weighted by atomic mass is 10.1. The Labute approximate surface area is 112 Å². The van der Waals surface area contributed by atoms with E-state index in [0.717, 1.165) is 18.5 Å². The molecule has 2 aromatic rings. The van der Waals surface area contributed by atoms with Gasteiger partial charge in [0.2, 0.25) is 5.91 Å². The number of amides is 1. The van der Waals surface area contributed by atoms with E-state index in [1.54, 1.807) is 12.5 Å². The molecule has 2 rings (SSSR count). The first-order valence-corrected chi connectivity index (χ1v) is 6.47. The van der Waals surface area contributed by atoms with Crippen LogP contribution in [0.4, 0.5) is 0 Å². The molecule has 2 N–H and O–H groups in total. The monoisotopic (exact) mass is 261 g/mol. The van der Waals surface area contributed by atoms with E-state index >= 15 is 0 Å². The van der Waals surface area contributed by atoms with Gasteiger partial charge in [-0.3, -0.25) is 9.89 Å². The number of hydrogen-bond acceptors (Lipinski definition) is 3. The molecule has 0 atom stereocenters. The van der Waals surface area contributed by atoms with Crippen LogP contribution in [0.3, 0.4) is 0 Å². The van der Waals surface area contributed by atoms with Crippen LogP contribution in [0.2, 0.25) is 0 Å². The predicted molar refractivity (Wildman–Crippen MR) is 71.5 cm³/mol. The Bertz CT molecular complexity index is 503. The molecule has 0 aliphatic carbocycles. The molecule has 0 unspecified atom stereocenters. The molecule has 1 amide bonds. The number of aryl methyl sites for hydroxylation is 3. The van der Waals surface area contributed by atoms with Crippen molar-refractivity contribution >= 4 is 5.91 Å². The van der Waals surface area contributed by atoms with Gasteiger partial charge in [0.25, 0.3) is 0 Å². The van der Waals surface area contributed by atoms with E-state index in [4.69, 9.17) is 0 Å². The number of nitrogens with zero attached hydrogens (tertiary/aromatic N) is 3. The van der Waals surface area contributed by atoms with Gasteiger partial charge in [-0.05, 0) is 25.3 Å². The molecule has 6 nitrogen and oxygen atoms in total. The van der Waals surface area contributed by atoms with E-state index in [2.05, 4.69) is 20.5 Å². The van der Waals surface area contributed by atoms with Crippen molar-refractivity contribution in [3.8, 4) is 0 Å². The molecular weight excluding hydrogens is 242 g/mol. The third-order valence-electron chi connectivity index (χ3n) is 3.04. The second-order valence-corrected chi connectivity index (χ2v) is 4.52. The van der Waals surface area contributed by atoms with Crippen molar-refractivity contribution in [2.75, 3.05) is 6.54 Å². The standard InChI is InChI=1S/C13H19N5O/c1-11-12(9-16-17-11)3-2-5-15-13(19)4-7-18-8-6-14-10-18/h6,8-10H,2-5,7H2,1H3,(H,15,19)(H,16,17). The predicted octanol–water partition coefficient (Wildman–Crippen LogP) is 1.05. The van der Waals surface area contributed by atoms with Crippen molar-refractivity contribution in [3.05, 3.63) is 36.2 Å². The van der Waals surface area contributed by atoms with Crippen molar-refractivity contribution in [3.63, 3.8) is 0 Å². The summed E-state index contributed by atoms with van der Waals surface area (Å²) in [7, 11) is 0. The number of aromatic amines is 1. The van der Waals surface area contributed by atoms with Crippen LogP contribution >= 0.6 is 0 Å². The highest BCUT2D eigenvalue weighted by atomic mass is 16.1. The summed E-state index contributed by atoms with van der Waals surface area (Å²) in [6.07, 6.45) is 9.48. The lowest BCUT2D eigenvalue weighted by Gasteiger charge is -2.05. The van der Waals surface area contributed by atoms with Gasteiger partial charge in [0, 0.05) is 37.6 Å². The SMILES string of the molecule is Cc1[nH]ncc1CCCNC(=O)CCn1ccnc1. The topological polar surface area (TPSA) is 75.6 Å². The first-order chi connectivity index (χ1) is 9.25. The Hall–Kier alpha value is -2.11. The summed E-state index contributed by atoms with van der Waals surface area (Å²) < 4.78 is 1.90. The number of H-pyrrole nitrogens is 1. The van der Waals surface area contributed by atoms with Crippen molar-refractivity contribution in [1.82, 2.24) is 25.1 Å². The Balaban J connectivity index is 1.58. The van der Waals surface area contributed by atoms with Gasteiger partial charge in [-0.2, -0.15) is 5.10 Å². The molecule has 0 fully saturated rings. The van der Waals surface area contributed by atoms with Crippen LogP contribution in [-0.2, 0) is 17.8 Å². The molecule has 0 saturated carbocycles. The highest BCUT2D eigenvalue weighted by Crippen LogP contribution is 2.04. The summed E-state index contributed by atoms with van der Waals surface area (Å²) >= 11 is 0. The average molecular weight is 261 g/mol. The van der Waals surface area contributed by atoms with E-state index < -0.39 is 0 Å². The maximum Gasteiger partial charge on any atom is 0.221 e. The second kappa shape index (κ2) is 6.72. The quantitative estimate of drug-likeness (QED) is 0.732. The number of hydrogen-bond donors (Lipinski definition) is 2. The molecule has 0 radical (unpaired) electrons. The summed E-state index contributed by atoms with van der Waals surface area (Å²) in [5.74, 6) is 0.0811. The van der Waals surface area contributed by atoms with E-state index in [-0.39, 0.29) is 5.91 Å². The van der Waals surface area contributed by atoms with Gasteiger partial charge in [-0.1, -0.05) is 0 Å². The summed E-state index contributed by atoms with van der Waals surface area (Å²) in [4.78, 5) is 15.5. The lowest BCUT2D eigenvalue weighted by Crippen LogP contribution is -2.25. The second-order valence-electron chi connectivity index (χ2n) is 4.52. The molecule has 2 heterocycles. The zero-order valence-corrected chi connectivity index (χ0v) is 11.1. The largest absolute Gasteiger partial charge is 0.356 e. The Morgan fingerprint density at radius 2 is 2.42 bits per heavy atom. The fourth-order valence-electron chi connectivity index (χ4n) is 1.87. The van der Waals surface area contributed by atoms with E-state index in [1.165, 1.54) is 5.56 Å². The fraction of sp³-hybridized carbons (Fsp3) is 0.462. The van der Waals surface area contributed by atoms with Crippen LogP contribution in [0.1, 0.15) is 24.1 Å².